The van der Waals surface area contributed by atoms with E-state index in [1.807, 2.05) is 6.07 Å². The second-order valence-corrected chi connectivity index (χ2v) is 4.62. The number of nitro benzene ring substituents is 1. The second kappa shape index (κ2) is 6.51. The molecule has 0 aliphatic rings. The molecule has 0 saturated heterocycles. The van der Waals surface area contributed by atoms with Crippen LogP contribution < -0.4 is 11.1 Å². The molecule has 1 amide bonds. The summed E-state index contributed by atoms with van der Waals surface area (Å²) in [6, 6.07) is 13.2. The van der Waals surface area contributed by atoms with Crippen molar-refractivity contribution in [2.45, 2.75) is 13.0 Å². The van der Waals surface area contributed by atoms with Crippen LogP contribution in [0.2, 0.25) is 0 Å². The lowest BCUT2D eigenvalue weighted by Gasteiger charge is -2.06. The van der Waals surface area contributed by atoms with E-state index in [-0.39, 0.29) is 18.0 Å². The third kappa shape index (κ3) is 4.31. The highest BCUT2D eigenvalue weighted by Gasteiger charge is 2.06. The predicted octanol–water partition coefficient (Wildman–Crippen LogP) is 2.04. The quantitative estimate of drug-likeness (QED) is 0.499. The summed E-state index contributed by atoms with van der Waals surface area (Å²) < 4.78 is 0. The van der Waals surface area contributed by atoms with Crippen LogP contribution in [-0.2, 0) is 17.8 Å². The lowest BCUT2D eigenvalue weighted by Crippen LogP contribution is -2.24. The van der Waals surface area contributed by atoms with Crippen LogP contribution >= 0.6 is 0 Å². The molecule has 2 aromatic rings. The zero-order valence-electron chi connectivity index (χ0n) is 11.3. The van der Waals surface area contributed by atoms with Crippen molar-refractivity contribution in [3.8, 4) is 0 Å². The molecule has 0 spiro atoms. The molecule has 2 rings (SSSR count). The topological polar surface area (TPSA) is 98.3 Å². The van der Waals surface area contributed by atoms with Gasteiger partial charge in [0.2, 0.25) is 5.91 Å². The number of carbonyl (C=O) groups is 1. The largest absolute Gasteiger partial charge is 0.399 e. The van der Waals surface area contributed by atoms with Crippen molar-refractivity contribution < 1.29 is 9.72 Å². The SMILES string of the molecule is Nc1cccc(CC(=O)NCc2ccc([N+](=O)[O-])cc2)c1. The molecule has 6 heteroatoms. The number of anilines is 1. The molecule has 3 N–H and O–H groups in total. The summed E-state index contributed by atoms with van der Waals surface area (Å²) in [5.74, 6) is -0.126. The molecule has 0 radical (unpaired) electrons. The Hall–Kier alpha value is -2.89. The third-order valence-corrected chi connectivity index (χ3v) is 2.95. The molecular formula is C15H15N3O3. The number of hydrogen-bond acceptors (Lipinski definition) is 4. The van der Waals surface area contributed by atoms with Gasteiger partial charge in [-0.25, -0.2) is 0 Å². The molecule has 0 heterocycles. The maximum absolute atomic E-state index is 11.8. The summed E-state index contributed by atoms with van der Waals surface area (Å²) in [7, 11) is 0. The smallest absolute Gasteiger partial charge is 0.269 e. The third-order valence-electron chi connectivity index (χ3n) is 2.95. The summed E-state index contributed by atoms with van der Waals surface area (Å²) in [5, 5.41) is 13.3. The van der Waals surface area contributed by atoms with E-state index >= 15 is 0 Å². The fraction of sp³-hybridized carbons (Fsp3) is 0.133. The Bertz CT molecular complexity index is 653. The molecule has 0 bridgehead atoms. The molecular weight excluding hydrogens is 270 g/mol. The molecule has 108 valence electrons. The standard InChI is InChI=1S/C15H15N3O3/c16-13-3-1-2-12(8-13)9-15(19)17-10-11-4-6-14(7-5-11)18(20)21/h1-8H,9-10,16H2,(H,17,19). The number of hydrogen-bond donors (Lipinski definition) is 2. The number of nitrogens with one attached hydrogen (secondary N) is 1. The van der Waals surface area contributed by atoms with Crippen molar-refractivity contribution in [3.05, 3.63) is 69.8 Å². The van der Waals surface area contributed by atoms with Crippen LogP contribution in [0, 0.1) is 10.1 Å². The van der Waals surface area contributed by atoms with Crippen LogP contribution in [0.25, 0.3) is 0 Å². The van der Waals surface area contributed by atoms with E-state index in [1.165, 1.54) is 12.1 Å². The predicted molar refractivity (Wildman–Crippen MR) is 79.5 cm³/mol. The molecule has 0 aromatic heterocycles. The Kier molecular flexibility index (Phi) is 4.50. The Morgan fingerprint density at radius 2 is 1.86 bits per heavy atom. The van der Waals surface area contributed by atoms with Crippen LogP contribution in [0.5, 0.6) is 0 Å². The van der Waals surface area contributed by atoms with Crippen molar-refractivity contribution >= 4 is 17.3 Å². The fourth-order valence-electron chi connectivity index (χ4n) is 1.89. The first-order valence-electron chi connectivity index (χ1n) is 6.39. The van der Waals surface area contributed by atoms with Crippen LogP contribution in [0.1, 0.15) is 11.1 Å². The maximum Gasteiger partial charge on any atom is 0.269 e. The number of non-ortho nitro benzene ring substituents is 1. The molecule has 0 aliphatic heterocycles. The van der Waals surface area contributed by atoms with Gasteiger partial charge >= 0.3 is 0 Å². The summed E-state index contributed by atoms with van der Waals surface area (Å²) >= 11 is 0. The van der Waals surface area contributed by atoms with Gasteiger partial charge in [0.15, 0.2) is 0 Å². The van der Waals surface area contributed by atoms with Crippen molar-refractivity contribution in [3.63, 3.8) is 0 Å². The van der Waals surface area contributed by atoms with Gasteiger partial charge in [0.25, 0.3) is 5.69 Å². The van der Waals surface area contributed by atoms with E-state index in [0.717, 1.165) is 11.1 Å². The summed E-state index contributed by atoms with van der Waals surface area (Å²) in [6.07, 6.45) is 0.248. The summed E-state index contributed by atoms with van der Waals surface area (Å²) in [4.78, 5) is 21.9. The first-order valence-corrected chi connectivity index (χ1v) is 6.39. The van der Waals surface area contributed by atoms with E-state index in [4.69, 9.17) is 5.73 Å². The van der Waals surface area contributed by atoms with Gasteiger partial charge in [0.05, 0.1) is 11.3 Å². The Morgan fingerprint density at radius 3 is 2.48 bits per heavy atom. The van der Waals surface area contributed by atoms with Crippen molar-refractivity contribution in [1.29, 1.82) is 0 Å². The van der Waals surface area contributed by atoms with Gasteiger partial charge < -0.3 is 11.1 Å². The molecule has 0 aliphatic carbocycles. The first-order chi connectivity index (χ1) is 10.0. The van der Waals surface area contributed by atoms with Gasteiger partial charge in [-0.2, -0.15) is 0 Å². The maximum atomic E-state index is 11.8. The van der Waals surface area contributed by atoms with E-state index < -0.39 is 4.92 Å². The Labute approximate surface area is 121 Å². The van der Waals surface area contributed by atoms with Crippen LogP contribution in [0.15, 0.2) is 48.5 Å². The van der Waals surface area contributed by atoms with Gasteiger partial charge in [0, 0.05) is 24.4 Å². The van der Waals surface area contributed by atoms with E-state index in [2.05, 4.69) is 5.32 Å². The number of rotatable bonds is 5. The number of benzene rings is 2. The Morgan fingerprint density at radius 1 is 1.14 bits per heavy atom. The average molecular weight is 285 g/mol. The van der Waals surface area contributed by atoms with E-state index in [0.29, 0.717) is 12.2 Å². The highest BCUT2D eigenvalue weighted by molar-refractivity contribution is 5.78. The highest BCUT2D eigenvalue weighted by Crippen LogP contribution is 2.12. The zero-order valence-corrected chi connectivity index (χ0v) is 11.3. The number of carbonyl (C=O) groups excluding carboxylic acids is 1. The molecule has 0 fully saturated rings. The van der Waals surface area contributed by atoms with Crippen LogP contribution in [0.3, 0.4) is 0 Å². The minimum atomic E-state index is -0.456. The minimum absolute atomic E-state index is 0.0323. The van der Waals surface area contributed by atoms with Crippen LogP contribution in [-0.4, -0.2) is 10.8 Å². The fourth-order valence-corrected chi connectivity index (χ4v) is 1.89. The normalized spacial score (nSPS) is 10.1. The van der Waals surface area contributed by atoms with Crippen molar-refractivity contribution in [2.75, 3.05) is 5.73 Å². The second-order valence-electron chi connectivity index (χ2n) is 4.62. The lowest BCUT2D eigenvalue weighted by molar-refractivity contribution is -0.384. The van der Waals surface area contributed by atoms with E-state index in [9.17, 15) is 14.9 Å². The lowest BCUT2D eigenvalue weighted by atomic mass is 10.1. The highest BCUT2D eigenvalue weighted by atomic mass is 16.6. The van der Waals surface area contributed by atoms with Crippen LogP contribution in [0.4, 0.5) is 11.4 Å². The number of nitrogens with two attached hydrogens (primary N) is 1. The molecule has 0 atom stereocenters. The minimum Gasteiger partial charge on any atom is -0.399 e. The van der Waals surface area contributed by atoms with Gasteiger partial charge in [-0.05, 0) is 23.3 Å². The average Bonchev–Trinajstić information content (AvgIpc) is 2.45. The number of nitrogen functional groups attached to an aromatic ring is 1. The monoisotopic (exact) mass is 285 g/mol. The molecule has 0 unspecified atom stereocenters. The number of nitro groups is 1. The van der Waals surface area contributed by atoms with E-state index in [1.54, 1.807) is 30.3 Å². The van der Waals surface area contributed by atoms with Gasteiger partial charge in [-0.1, -0.05) is 24.3 Å². The summed E-state index contributed by atoms with van der Waals surface area (Å²) in [5.41, 5.74) is 7.96. The first kappa shape index (κ1) is 14.5. The van der Waals surface area contributed by atoms with Crippen molar-refractivity contribution in [2.24, 2.45) is 0 Å². The molecule has 21 heavy (non-hydrogen) atoms. The van der Waals surface area contributed by atoms with Gasteiger partial charge in [-0.3, -0.25) is 14.9 Å². The van der Waals surface area contributed by atoms with Gasteiger partial charge in [0.1, 0.15) is 0 Å². The number of nitrogens with zero attached hydrogens (tertiary/aromatic N) is 1. The molecule has 2 aromatic carbocycles. The summed E-state index contributed by atoms with van der Waals surface area (Å²) in [6.45, 7) is 0.332. The molecule has 0 saturated carbocycles. The van der Waals surface area contributed by atoms with Crippen molar-refractivity contribution in [1.82, 2.24) is 5.32 Å². The molecule has 6 nitrogen and oxygen atoms in total. The number of amides is 1. The Balaban J connectivity index is 1.87. The zero-order chi connectivity index (χ0) is 15.2. The van der Waals surface area contributed by atoms with Gasteiger partial charge in [-0.15, -0.1) is 0 Å².